The van der Waals surface area contributed by atoms with Crippen LogP contribution in [0, 0.1) is 10.1 Å². The zero-order chi connectivity index (χ0) is 12.8. The van der Waals surface area contributed by atoms with E-state index in [1.165, 1.54) is 0 Å². The van der Waals surface area contributed by atoms with Crippen molar-refractivity contribution in [3.8, 4) is 5.88 Å². The second kappa shape index (κ2) is 5.94. The lowest BCUT2D eigenvalue weighted by molar-refractivity contribution is -0.386. The fourth-order valence-corrected chi connectivity index (χ4v) is 1.03. The summed E-state index contributed by atoms with van der Waals surface area (Å²) < 4.78 is 10.4. The molecule has 1 rings (SSSR count). The molecule has 0 aromatic carbocycles. The normalized spacial score (nSPS) is 10.5. The van der Waals surface area contributed by atoms with E-state index in [0.29, 0.717) is 6.61 Å². The molecule has 0 aliphatic rings. The second-order valence-corrected chi connectivity index (χ2v) is 3.44. The molecule has 8 heteroatoms. The van der Waals surface area contributed by atoms with Gasteiger partial charge in [-0.3, -0.25) is 10.1 Å². The summed E-state index contributed by atoms with van der Waals surface area (Å²) in [6.07, 6.45) is 1.09. The number of aromatic nitrogens is 2. The number of ether oxygens (including phenoxy) is 2. The smallest absolute Gasteiger partial charge is 0.349 e. The molecule has 1 aromatic heterocycles. The van der Waals surface area contributed by atoms with Crippen molar-refractivity contribution in [1.29, 1.82) is 0 Å². The van der Waals surface area contributed by atoms with E-state index in [1.807, 2.05) is 13.8 Å². The average molecular weight is 242 g/mol. The highest BCUT2D eigenvalue weighted by atomic mass is 16.6. The Kier molecular flexibility index (Phi) is 4.58. The maximum absolute atomic E-state index is 10.6. The van der Waals surface area contributed by atoms with Crippen molar-refractivity contribution >= 4 is 11.6 Å². The molecule has 0 aliphatic carbocycles. The van der Waals surface area contributed by atoms with Gasteiger partial charge in [0.2, 0.25) is 5.95 Å². The van der Waals surface area contributed by atoms with Crippen LogP contribution in [-0.2, 0) is 4.74 Å². The summed E-state index contributed by atoms with van der Waals surface area (Å²) in [6.45, 7) is 4.24. The van der Waals surface area contributed by atoms with Crippen molar-refractivity contribution in [2.24, 2.45) is 0 Å². The Balaban J connectivity index is 2.62. The molecule has 2 N–H and O–H groups in total. The number of nitrogens with two attached hydrogens (primary N) is 1. The van der Waals surface area contributed by atoms with Crippen LogP contribution < -0.4 is 10.5 Å². The number of nitrogen functional groups attached to an aromatic ring is 1. The summed E-state index contributed by atoms with van der Waals surface area (Å²) in [7, 11) is 0. The minimum Gasteiger partial charge on any atom is -0.470 e. The first-order valence-electron chi connectivity index (χ1n) is 5.02. The molecule has 0 unspecified atom stereocenters. The number of nitrogens with zero attached hydrogens (tertiary/aromatic N) is 3. The van der Waals surface area contributed by atoms with Crippen molar-refractivity contribution in [2.45, 2.75) is 20.0 Å². The van der Waals surface area contributed by atoms with Gasteiger partial charge < -0.3 is 15.2 Å². The third-order valence-electron chi connectivity index (χ3n) is 1.72. The van der Waals surface area contributed by atoms with Gasteiger partial charge in [-0.05, 0) is 13.8 Å². The first-order chi connectivity index (χ1) is 8.00. The van der Waals surface area contributed by atoms with Crippen molar-refractivity contribution in [3.63, 3.8) is 0 Å². The third kappa shape index (κ3) is 4.19. The van der Waals surface area contributed by atoms with Crippen LogP contribution in [0.3, 0.4) is 0 Å². The molecule has 1 aromatic rings. The van der Waals surface area contributed by atoms with Gasteiger partial charge in [-0.1, -0.05) is 0 Å². The van der Waals surface area contributed by atoms with E-state index in [9.17, 15) is 10.1 Å². The zero-order valence-electron chi connectivity index (χ0n) is 9.62. The molecular weight excluding hydrogens is 228 g/mol. The van der Waals surface area contributed by atoms with Crippen LogP contribution in [0.15, 0.2) is 6.20 Å². The van der Waals surface area contributed by atoms with Gasteiger partial charge in [0.1, 0.15) is 12.8 Å². The molecule has 0 saturated carbocycles. The average Bonchev–Trinajstić information content (AvgIpc) is 2.23. The van der Waals surface area contributed by atoms with Gasteiger partial charge in [0, 0.05) is 0 Å². The van der Waals surface area contributed by atoms with Crippen LogP contribution in [0.4, 0.5) is 11.6 Å². The Hall–Kier alpha value is -1.96. The Bertz CT molecular complexity index is 397. The third-order valence-corrected chi connectivity index (χ3v) is 1.72. The first-order valence-corrected chi connectivity index (χ1v) is 5.02. The second-order valence-electron chi connectivity index (χ2n) is 3.44. The van der Waals surface area contributed by atoms with Crippen LogP contribution in [0.5, 0.6) is 5.88 Å². The lowest BCUT2D eigenvalue weighted by Gasteiger charge is -2.08. The van der Waals surface area contributed by atoms with E-state index < -0.39 is 4.92 Å². The molecule has 0 radical (unpaired) electrons. The molecule has 0 saturated heterocycles. The summed E-state index contributed by atoms with van der Waals surface area (Å²) in [5.41, 5.74) is 5.01. The number of rotatable bonds is 6. The van der Waals surface area contributed by atoms with Crippen LogP contribution in [-0.4, -0.2) is 34.2 Å². The molecule has 0 aliphatic heterocycles. The van der Waals surface area contributed by atoms with Crippen molar-refractivity contribution < 1.29 is 14.4 Å². The minimum atomic E-state index is -0.627. The molecule has 1 heterocycles. The van der Waals surface area contributed by atoms with E-state index in [-0.39, 0.29) is 30.2 Å². The summed E-state index contributed by atoms with van der Waals surface area (Å²) in [6, 6.07) is 0. The van der Waals surface area contributed by atoms with Gasteiger partial charge in [0.05, 0.1) is 17.6 Å². The van der Waals surface area contributed by atoms with Gasteiger partial charge >= 0.3 is 5.69 Å². The standard InChI is InChI=1S/C9H14N4O4/c1-6(2)16-3-4-17-8-7(13(14)15)5-11-9(10)12-8/h5-6H,3-4H2,1-2H3,(H2,10,11,12). The Morgan fingerprint density at radius 3 is 2.82 bits per heavy atom. The molecule has 0 amide bonds. The molecule has 0 bridgehead atoms. The van der Waals surface area contributed by atoms with Gasteiger partial charge in [0.25, 0.3) is 5.88 Å². The van der Waals surface area contributed by atoms with Gasteiger partial charge in [-0.25, -0.2) is 4.98 Å². The zero-order valence-corrected chi connectivity index (χ0v) is 9.62. The summed E-state index contributed by atoms with van der Waals surface area (Å²) in [5, 5.41) is 10.6. The fourth-order valence-electron chi connectivity index (χ4n) is 1.03. The molecule has 0 fully saturated rings. The first kappa shape index (κ1) is 13.1. The molecular formula is C9H14N4O4. The van der Waals surface area contributed by atoms with E-state index in [2.05, 4.69) is 9.97 Å². The fraction of sp³-hybridized carbons (Fsp3) is 0.556. The Morgan fingerprint density at radius 1 is 1.53 bits per heavy atom. The van der Waals surface area contributed by atoms with Gasteiger partial charge in [-0.15, -0.1) is 0 Å². The maximum atomic E-state index is 10.6. The van der Waals surface area contributed by atoms with Crippen LogP contribution in [0.25, 0.3) is 0 Å². The Labute approximate surface area is 97.9 Å². The highest BCUT2D eigenvalue weighted by molar-refractivity contribution is 5.41. The van der Waals surface area contributed by atoms with E-state index in [4.69, 9.17) is 15.2 Å². The number of hydrogen-bond acceptors (Lipinski definition) is 7. The number of hydrogen-bond donors (Lipinski definition) is 1. The largest absolute Gasteiger partial charge is 0.470 e. The SMILES string of the molecule is CC(C)OCCOc1nc(N)ncc1[N+](=O)[O-]. The quantitative estimate of drug-likeness (QED) is 0.445. The van der Waals surface area contributed by atoms with Crippen LogP contribution >= 0.6 is 0 Å². The predicted molar refractivity (Wildman–Crippen MR) is 59.7 cm³/mol. The van der Waals surface area contributed by atoms with Crippen molar-refractivity contribution in [1.82, 2.24) is 9.97 Å². The van der Waals surface area contributed by atoms with Crippen molar-refractivity contribution in [2.75, 3.05) is 18.9 Å². The van der Waals surface area contributed by atoms with Crippen LogP contribution in [0.1, 0.15) is 13.8 Å². The predicted octanol–water partition coefficient (Wildman–Crippen LogP) is 0.771. The molecule has 0 spiro atoms. The number of nitro groups is 1. The van der Waals surface area contributed by atoms with E-state index in [0.717, 1.165) is 6.20 Å². The maximum Gasteiger partial charge on any atom is 0.349 e. The minimum absolute atomic E-state index is 0.0732. The van der Waals surface area contributed by atoms with E-state index in [1.54, 1.807) is 0 Å². The topological polar surface area (TPSA) is 113 Å². The van der Waals surface area contributed by atoms with Gasteiger partial charge in [0.15, 0.2) is 0 Å². The van der Waals surface area contributed by atoms with Gasteiger partial charge in [-0.2, -0.15) is 4.98 Å². The van der Waals surface area contributed by atoms with Crippen molar-refractivity contribution in [3.05, 3.63) is 16.3 Å². The lowest BCUT2D eigenvalue weighted by atomic mass is 10.5. The number of anilines is 1. The molecule has 8 nitrogen and oxygen atoms in total. The lowest BCUT2D eigenvalue weighted by Crippen LogP contribution is -2.13. The molecule has 0 atom stereocenters. The molecule has 17 heavy (non-hydrogen) atoms. The monoisotopic (exact) mass is 242 g/mol. The van der Waals surface area contributed by atoms with Crippen LogP contribution in [0.2, 0.25) is 0 Å². The summed E-state index contributed by atoms with van der Waals surface area (Å²) >= 11 is 0. The summed E-state index contributed by atoms with van der Waals surface area (Å²) in [4.78, 5) is 17.2. The highest BCUT2D eigenvalue weighted by Gasteiger charge is 2.18. The Morgan fingerprint density at radius 2 is 2.24 bits per heavy atom. The highest BCUT2D eigenvalue weighted by Crippen LogP contribution is 2.23. The summed E-state index contributed by atoms with van der Waals surface area (Å²) in [5.74, 6) is -0.217. The molecule has 94 valence electrons. The van der Waals surface area contributed by atoms with E-state index >= 15 is 0 Å².